The summed E-state index contributed by atoms with van der Waals surface area (Å²) in [7, 11) is 0. The minimum Gasteiger partial charge on any atom is -0.462 e. The molecule has 6 nitrogen and oxygen atoms in total. The van der Waals surface area contributed by atoms with Crippen LogP contribution in [0.3, 0.4) is 0 Å². The summed E-state index contributed by atoms with van der Waals surface area (Å²) in [6.07, 6.45) is 53.8. The first-order valence-corrected chi connectivity index (χ1v) is 24.2. The van der Waals surface area contributed by atoms with Crippen LogP contribution in [0.25, 0.3) is 0 Å². The van der Waals surface area contributed by atoms with Gasteiger partial charge in [-0.15, -0.1) is 0 Å². The highest BCUT2D eigenvalue weighted by Crippen LogP contribution is 2.13. The average molecular weight is 799 g/mol. The fraction of sp³-hybridized carbons (Fsp3) is 0.784. The van der Waals surface area contributed by atoms with Crippen LogP contribution in [0.15, 0.2) is 48.6 Å². The standard InChI is InChI=1S/C51H90O6/c1-4-7-10-13-16-19-22-24-25-26-27-30-32-35-38-41-44-50(53)56-47-48(46-55-49(52)43-40-37-34-31-28-21-18-15-12-9-6-3)57-51(54)45-42-39-36-33-29-23-20-17-14-11-8-5-2/h15,17-18,20-21,25-26,28,48H,4-14,16,19,22-24,27,29-47H2,1-3H3/b18-15-,20-17-,26-25-,28-21-. The van der Waals surface area contributed by atoms with Crippen LogP contribution in [-0.2, 0) is 28.6 Å². The molecule has 0 bridgehead atoms. The van der Waals surface area contributed by atoms with E-state index in [1.165, 1.54) is 109 Å². The molecule has 1 unspecified atom stereocenters. The summed E-state index contributed by atoms with van der Waals surface area (Å²) in [4.78, 5) is 37.8. The molecule has 0 aliphatic heterocycles. The zero-order chi connectivity index (χ0) is 41.5. The van der Waals surface area contributed by atoms with E-state index in [9.17, 15) is 14.4 Å². The fourth-order valence-corrected chi connectivity index (χ4v) is 6.58. The molecule has 0 N–H and O–H groups in total. The van der Waals surface area contributed by atoms with Gasteiger partial charge in [0.25, 0.3) is 0 Å². The second kappa shape index (κ2) is 46.1. The monoisotopic (exact) mass is 799 g/mol. The number of carbonyl (C=O) groups excluding carboxylic acids is 3. The van der Waals surface area contributed by atoms with E-state index in [0.717, 1.165) is 89.9 Å². The van der Waals surface area contributed by atoms with E-state index in [1.807, 2.05) is 0 Å². The summed E-state index contributed by atoms with van der Waals surface area (Å²) in [6, 6.07) is 0. The Labute approximate surface area is 352 Å². The molecule has 0 aromatic carbocycles. The molecule has 0 aliphatic rings. The Balaban J connectivity index is 4.40. The molecule has 0 aromatic rings. The third-order valence-electron chi connectivity index (χ3n) is 10.3. The molecular formula is C51H90O6. The van der Waals surface area contributed by atoms with Crippen LogP contribution >= 0.6 is 0 Å². The first-order valence-electron chi connectivity index (χ1n) is 24.2. The number of ether oxygens (including phenoxy) is 3. The van der Waals surface area contributed by atoms with Gasteiger partial charge in [-0.3, -0.25) is 14.4 Å². The zero-order valence-electron chi connectivity index (χ0n) is 37.6. The highest BCUT2D eigenvalue weighted by atomic mass is 16.6. The predicted molar refractivity (Wildman–Crippen MR) is 242 cm³/mol. The molecule has 0 spiro atoms. The van der Waals surface area contributed by atoms with Crippen LogP contribution in [0.1, 0.15) is 239 Å². The van der Waals surface area contributed by atoms with Gasteiger partial charge in [0.15, 0.2) is 6.10 Å². The van der Waals surface area contributed by atoms with Crippen LogP contribution in [0.2, 0.25) is 0 Å². The van der Waals surface area contributed by atoms with Gasteiger partial charge < -0.3 is 14.2 Å². The number of allylic oxidation sites excluding steroid dienone is 8. The summed E-state index contributed by atoms with van der Waals surface area (Å²) < 4.78 is 16.7. The number of rotatable bonds is 43. The van der Waals surface area contributed by atoms with E-state index in [1.54, 1.807) is 0 Å². The maximum Gasteiger partial charge on any atom is 0.306 e. The summed E-state index contributed by atoms with van der Waals surface area (Å²) in [6.45, 7) is 6.52. The number of carbonyl (C=O) groups is 3. The van der Waals surface area contributed by atoms with Crippen LogP contribution in [0.4, 0.5) is 0 Å². The van der Waals surface area contributed by atoms with E-state index in [-0.39, 0.29) is 31.1 Å². The lowest BCUT2D eigenvalue weighted by Crippen LogP contribution is -2.30. The van der Waals surface area contributed by atoms with Gasteiger partial charge in [-0.2, -0.15) is 0 Å². The maximum atomic E-state index is 12.7. The number of esters is 3. The van der Waals surface area contributed by atoms with Gasteiger partial charge in [0.2, 0.25) is 0 Å². The number of hydrogen-bond donors (Lipinski definition) is 0. The largest absolute Gasteiger partial charge is 0.462 e. The average Bonchev–Trinajstić information content (AvgIpc) is 3.21. The molecular weight excluding hydrogens is 709 g/mol. The van der Waals surface area contributed by atoms with Gasteiger partial charge >= 0.3 is 17.9 Å². The molecule has 0 saturated heterocycles. The van der Waals surface area contributed by atoms with E-state index < -0.39 is 6.10 Å². The quantitative estimate of drug-likeness (QED) is 0.0201. The molecule has 0 radical (unpaired) electrons. The first kappa shape index (κ1) is 54.4. The predicted octanol–water partition coefficient (Wildman–Crippen LogP) is 15.5. The van der Waals surface area contributed by atoms with Crippen LogP contribution in [0.5, 0.6) is 0 Å². The van der Waals surface area contributed by atoms with Gasteiger partial charge in [-0.25, -0.2) is 0 Å². The molecule has 0 aromatic heterocycles. The van der Waals surface area contributed by atoms with E-state index in [4.69, 9.17) is 14.2 Å². The normalized spacial score (nSPS) is 12.4. The molecule has 0 aliphatic carbocycles. The minimum atomic E-state index is -0.788. The summed E-state index contributed by atoms with van der Waals surface area (Å²) in [5.74, 6) is -0.934. The molecule has 6 heteroatoms. The van der Waals surface area contributed by atoms with Gasteiger partial charge in [0.1, 0.15) is 13.2 Å². The lowest BCUT2D eigenvalue weighted by atomic mass is 10.1. The molecule has 0 fully saturated rings. The third kappa shape index (κ3) is 44.3. The molecule has 57 heavy (non-hydrogen) atoms. The molecule has 0 amide bonds. The van der Waals surface area contributed by atoms with Crippen molar-refractivity contribution >= 4 is 17.9 Å². The van der Waals surface area contributed by atoms with E-state index in [2.05, 4.69) is 69.4 Å². The van der Waals surface area contributed by atoms with Crippen molar-refractivity contribution in [3.8, 4) is 0 Å². The fourth-order valence-electron chi connectivity index (χ4n) is 6.58. The smallest absolute Gasteiger partial charge is 0.306 e. The number of unbranched alkanes of at least 4 members (excludes halogenated alkanes) is 25. The maximum absolute atomic E-state index is 12.7. The molecule has 330 valence electrons. The van der Waals surface area contributed by atoms with Crippen molar-refractivity contribution in [2.75, 3.05) is 13.2 Å². The van der Waals surface area contributed by atoms with Crippen molar-refractivity contribution in [2.24, 2.45) is 0 Å². The number of hydrogen-bond acceptors (Lipinski definition) is 6. The SMILES string of the molecule is CCCC/C=C\C=C/CCCCCC(=O)OCC(COC(=O)CCCCCCC/C=C\CCCCCCCCC)OC(=O)CCCCCCC/C=C\CCCCC. The van der Waals surface area contributed by atoms with Gasteiger partial charge in [-0.1, -0.05) is 179 Å². The summed E-state index contributed by atoms with van der Waals surface area (Å²) >= 11 is 0. The Bertz CT molecular complexity index is 1010. The molecule has 0 saturated carbocycles. The highest BCUT2D eigenvalue weighted by molar-refractivity contribution is 5.71. The summed E-state index contributed by atoms with van der Waals surface area (Å²) in [5, 5.41) is 0. The zero-order valence-corrected chi connectivity index (χ0v) is 37.6. The molecule has 0 rings (SSSR count). The van der Waals surface area contributed by atoms with Crippen molar-refractivity contribution in [2.45, 2.75) is 245 Å². The van der Waals surface area contributed by atoms with Crippen molar-refractivity contribution in [3.63, 3.8) is 0 Å². The summed E-state index contributed by atoms with van der Waals surface area (Å²) in [5.41, 5.74) is 0. The van der Waals surface area contributed by atoms with Gasteiger partial charge in [-0.05, 0) is 89.9 Å². The van der Waals surface area contributed by atoms with Crippen molar-refractivity contribution < 1.29 is 28.6 Å². The van der Waals surface area contributed by atoms with Gasteiger partial charge in [0, 0.05) is 19.3 Å². The Hall–Kier alpha value is -2.63. The van der Waals surface area contributed by atoms with Crippen LogP contribution in [0, 0.1) is 0 Å². The van der Waals surface area contributed by atoms with E-state index >= 15 is 0 Å². The Morgan fingerprint density at radius 1 is 0.351 bits per heavy atom. The Kier molecular flexibility index (Phi) is 43.9. The Morgan fingerprint density at radius 3 is 1.09 bits per heavy atom. The third-order valence-corrected chi connectivity index (χ3v) is 10.3. The van der Waals surface area contributed by atoms with Crippen LogP contribution < -0.4 is 0 Å². The highest BCUT2D eigenvalue weighted by Gasteiger charge is 2.19. The second-order valence-corrected chi connectivity index (χ2v) is 16.0. The lowest BCUT2D eigenvalue weighted by molar-refractivity contribution is -0.167. The first-order chi connectivity index (χ1) is 28.0. The van der Waals surface area contributed by atoms with E-state index in [0.29, 0.717) is 19.3 Å². The van der Waals surface area contributed by atoms with Crippen molar-refractivity contribution in [1.82, 2.24) is 0 Å². The lowest BCUT2D eigenvalue weighted by Gasteiger charge is -2.18. The van der Waals surface area contributed by atoms with Gasteiger partial charge in [0.05, 0.1) is 0 Å². The second-order valence-electron chi connectivity index (χ2n) is 16.0. The minimum absolute atomic E-state index is 0.0891. The van der Waals surface area contributed by atoms with Crippen molar-refractivity contribution in [3.05, 3.63) is 48.6 Å². The Morgan fingerprint density at radius 2 is 0.649 bits per heavy atom. The van der Waals surface area contributed by atoms with Crippen molar-refractivity contribution in [1.29, 1.82) is 0 Å². The molecule has 0 heterocycles. The van der Waals surface area contributed by atoms with Crippen LogP contribution in [-0.4, -0.2) is 37.2 Å². The topological polar surface area (TPSA) is 78.9 Å². The molecule has 1 atom stereocenters.